The zero-order chi connectivity index (χ0) is 27.7. The van der Waals surface area contributed by atoms with Crippen LogP contribution in [0, 0.1) is 5.92 Å². The minimum Gasteiger partial charge on any atom is -0.493 e. The molecule has 1 unspecified atom stereocenters. The first kappa shape index (κ1) is 28.6. The number of anilines is 1. The number of rotatable bonds is 13. The molecule has 2 aromatic rings. The van der Waals surface area contributed by atoms with E-state index in [4.69, 9.17) is 18.9 Å². The lowest BCUT2D eigenvalue weighted by Gasteiger charge is -2.21. The average molecular weight is 528 g/mol. The monoisotopic (exact) mass is 527 g/mol. The van der Waals surface area contributed by atoms with Gasteiger partial charge in [0.2, 0.25) is 17.7 Å². The number of carbonyl (C=O) groups excluding carboxylic acids is 3. The molecule has 3 amide bonds. The largest absolute Gasteiger partial charge is 0.493 e. The SMILES string of the molecule is CCOc1ccc(NC(=O)CN(C)C(=O)C2CC(=O)N(CCc3ccc(OC)c(OC)c3)C2)cc1OCC. The molecule has 206 valence electrons. The van der Waals surface area contributed by atoms with E-state index in [1.807, 2.05) is 32.0 Å². The van der Waals surface area contributed by atoms with Crippen LogP contribution in [-0.2, 0) is 20.8 Å². The van der Waals surface area contributed by atoms with Crippen LogP contribution in [0.5, 0.6) is 23.0 Å². The van der Waals surface area contributed by atoms with Gasteiger partial charge < -0.3 is 34.1 Å². The first-order valence-electron chi connectivity index (χ1n) is 12.7. The number of hydrogen-bond donors (Lipinski definition) is 1. The van der Waals surface area contributed by atoms with E-state index < -0.39 is 5.92 Å². The quantitative estimate of drug-likeness (QED) is 0.427. The fourth-order valence-corrected chi connectivity index (χ4v) is 4.39. The third kappa shape index (κ3) is 7.30. The third-order valence-electron chi connectivity index (χ3n) is 6.27. The molecule has 0 saturated carbocycles. The van der Waals surface area contributed by atoms with Crippen molar-refractivity contribution in [3.05, 3.63) is 42.0 Å². The molecule has 1 heterocycles. The second kappa shape index (κ2) is 13.6. The minimum absolute atomic E-state index is 0.0699. The van der Waals surface area contributed by atoms with Gasteiger partial charge in [-0.2, -0.15) is 0 Å². The lowest BCUT2D eigenvalue weighted by atomic mass is 10.1. The van der Waals surface area contributed by atoms with Crippen LogP contribution in [0.4, 0.5) is 5.69 Å². The van der Waals surface area contributed by atoms with Gasteiger partial charge in [-0.15, -0.1) is 0 Å². The second-order valence-electron chi connectivity index (χ2n) is 8.95. The van der Waals surface area contributed by atoms with Gasteiger partial charge in [0, 0.05) is 38.3 Å². The van der Waals surface area contributed by atoms with Crippen LogP contribution in [0.15, 0.2) is 36.4 Å². The standard InChI is InChI=1S/C28H37N3O7/c1-6-37-23-11-9-21(16-25(23)38-7-2)29-26(32)18-30(3)28(34)20-15-27(33)31(17-20)13-12-19-8-10-22(35-4)24(14-19)36-5/h8-11,14,16,20H,6-7,12-13,15,17-18H2,1-5H3,(H,29,32). The number of likely N-dealkylation sites (N-methyl/N-ethyl adjacent to an activating group) is 1. The van der Waals surface area contributed by atoms with Crippen molar-refractivity contribution < 1.29 is 33.3 Å². The van der Waals surface area contributed by atoms with Gasteiger partial charge in [-0.05, 0) is 50.1 Å². The number of amides is 3. The molecule has 0 radical (unpaired) electrons. The first-order chi connectivity index (χ1) is 18.3. The van der Waals surface area contributed by atoms with Crippen molar-refractivity contribution in [2.45, 2.75) is 26.7 Å². The molecule has 1 aliphatic heterocycles. The van der Waals surface area contributed by atoms with Crippen molar-refractivity contribution in [3.8, 4) is 23.0 Å². The summed E-state index contributed by atoms with van der Waals surface area (Å²) in [7, 11) is 4.73. The Hall–Kier alpha value is -3.95. The highest BCUT2D eigenvalue weighted by Crippen LogP contribution is 2.31. The predicted octanol–water partition coefficient (Wildman–Crippen LogP) is 2.99. The maximum Gasteiger partial charge on any atom is 0.243 e. The van der Waals surface area contributed by atoms with Gasteiger partial charge in [0.25, 0.3) is 0 Å². The minimum atomic E-state index is -0.485. The molecule has 10 nitrogen and oxygen atoms in total. The Morgan fingerprint density at radius 2 is 1.66 bits per heavy atom. The van der Waals surface area contributed by atoms with Crippen molar-refractivity contribution in [2.75, 3.05) is 59.4 Å². The van der Waals surface area contributed by atoms with E-state index >= 15 is 0 Å². The van der Waals surface area contributed by atoms with Crippen LogP contribution in [0.25, 0.3) is 0 Å². The number of ether oxygens (including phenoxy) is 4. The molecule has 3 rings (SSSR count). The van der Waals surface area contributed by atoms with Gasteiger partial charge in [0.05, 0.1) is 39.9 Å². The molecule has 2 aromatic carbocycles. The molecule has 1 N–H and O–H groups in total. The molecule has 0 aliphatic carbocycles. The Morgan fingerprint density at radius 3 is 2.34 bits per heavy atom. The van der Waals surface area contributed by atoms with Crippen molar-refractivity contribution in [3.63, 3.8) is 0 Å². The summed E-state index contributed by atoms with van der Waals surface area (Å²) in [5.74, 6) is 1.27. The van der Waals surface area contributed by atoms with Crippen LogP contribution in [0.1, 0.15) is 25.8 Å². The highest BCUT2D eigenvalue weighted by atomic mass is 16.5. The summed E-state index contributed by atoms with van der Waals surface area (Å²) < 4.78 is 21.8. The Kier molecular flexibility index (Phi) is 10.2. The van der Waals surface area contributed by atoms with Gasteiger partial charge in [-0.1, -0.05) is 6.07 Å². The molecule has 1 atom stereocenters. The fraction of sp³-hybridized carbons (Fsp3) is 0.464. The van der Waals surface area contributed by atoms with Crippen molar-refractivity contribution >= 4 is 23.4 Å². The van der Waals surface area contributed by atoms with E-state index in [9.17, 15) is 14.4 Å². The Morgan fingerprint density at radius 1 is 0.974 bits per heavy atom. The smallest absolute Gasteiger partial charge is 0.243 e. The van der Waals surface area contributed by atoms with Gasteiger partial charge in [-0.3, -0.25) is 14.4 Å². The van der Waals surface area contributed by atoms with Crippen molar-refractivity contribution in [2.24, 2.45) is 5.92 Å². The Bertz CT molecular complexity index is 1140. The molecule has 0 bridgehead atoms. The second-order valence-corrected chi connectivity index (χ2v) is 8.95. The van der Waals surface area contributed by atoms with E-state index in [1.54, 1.807) is 44.4 Å². The third-order valence-corrected chi connectivity index (χ3v) is 6.27. The summed E-state index contributed by atoms with van der Waals surface area (Å²) >= 11 is 0. The molecule has 0 aromatic heterocycles. The molecule has 1 fully saturated rings. The van der Waals surface area contributed by atoms with Crippen LogP contribution in [0.3, 0.4) is 0 Å². The van der Waals surface area contributed by atoms with E-state index in [0.29, 0.717) is 61.4 Å². The number of nitrogens with zero attached hydrogens (tertiary/aromatic N) is 2. The van der Waals surface area contributed by atoms with Gasteiger partial charge in [-0.25, -0.2) is 0 Å². The van der Waals surface area contributed by atoms with Crippen LogP contribution < -0.4 is 24.3 Å². The van der Waals surface area contributed by atoms with E-state index in [0.717, 1.165) is 5.56 Å². The lowest BCUT2D eigenvalue weighted by molar-refractivity contribution is -0.137. The van der Waals surface area contributed by atoms with Crippen LogP contribution in [0.2, 0.25) is 0 Å². The maximum atomic E-state index is 13.0. The predicted molar refractivity (Wildman–Crippen MR) is 143 cm³/mol. The van der Waals surface area contributed by atoms with Gasteiger partial charge >= 0.3 is 0 Å². The zero-order valence-corrected chi connectivity index (χ0v) is 22.7. The number of methoxy groups -OCH3 is 2. The number of likely N-dealkylation sites (tertiary alicyclic amines) is 1. The topological polar surface area (TPSA) is 107 Å². The maximum absolute atomic E-state index is 13.0. The Labute approximate surface area is 223 Å². The summed E-state index contributed by atoms with van der Waals surface area (Å²) in [5, 5.41) is 2.80. The number of hydrogen-bond acceptors (Lipinski definition) is 7. The molecule has 10 heteroatoms. The summed E-state index contributed by atoms with van der Waals surface area (Å²) in [6.07, 6.45) is 0.754. The fourth-order valence-electron chi connectivity index (χ4n) is 4.39. The van der Waals surface area contributed by atoms with Crippen molar-refractivity contribution in [1.82, 2.24) is 9.80 Å². The number of nitrogens with one attached hydrogen (secondary N) is 1. The average Bonchev–Trinajstić information content (AvgIpc) is 3.28. The molecule has 0 spiro atoms. The Balaban J connectivity index is 1.52. The first-order valence-corrected chi connectivity index (χ1v) is 12.7. The summed E-state index contributed by atoms with van der Waals surface area (Å²) in [5.41, 5.74) is 1.54. The highest BCUT2D eigenvalue weighted by Gasteiger charge is 2.35. The molecule has 1 saturated heterocycles. The van der Waals surface area contributed by atoms with Gasteiger partial charge in [0.1, 0.15) is 0 Å². The van der Waals surface area contributed by atoms with Crippen molar-refractivity contribution in [1.29, 1.82) is 0 Å². The summed E-state index contributed by atoms with van der Waals surface area (Å²) in [4.78, 5) is 41.3. The normalized spacial score (nSPS) is 14.7. The summed E-state index contributed by atoms with van der Waals surface area (Å²) in [6.45, 7) is 5.39. The zero-order valence-electron chi connectivity index (χ0n) is 22.7. The molecule has 38 heavy (non-hydrogen) atoms. The number of carbonyl (C=O) groups is 3. The van der Waals surface area contributed by atoms with E-state index in [2.05, 4.69) is 5.32 Å². The lowest BCUT2D eigenvalue weighted by Crippen LogP contribution is -2.39. The van der Waals surface area contributed by atoms with Crippen LogP contribution >= 0.6 is 0 Å². The van der Waals surface area contributed by atoms with E-state index in [-0.39, 0.29) is 30.7 Å². The molecule has 1 aliphatic rings. The molecular weight excluding hydrogens is 490 g/mol. The highest BCUT2D eigenvalue weighted by molar-refractivity contribution is 5.96. The summed E-state index contributed by atoms with van der Waals surface area (Å²) in [6, 6.07) is 10.8. The van der Waals surface area contributed by atoms with Crippen LogP contribution in [-0.4, -0.2) is 81.6 Å². The molecular formula is C28H37N3O7. The van der Waals surface area contributed by atoms with Gasteiger partial charge in [0.15, 0.2) is 23.0 Å². The van der Waals surface area contributed by atoms with E-state index in [1.165, 1.54) is 4.90 Å². The number of benzene rings is 2.